The Morgan fingerprint density at radius 1 is 1.24 bits per heavy atom. The molecule has 1 unspecified atom stereocenters. The smallest absolute Gasteiger partial charge is 0.229 e. The molecule has 7 heteroatoms. The van der Waals surface area contributed by atoms with Crippen LogP contribution in [0.2, 0.25) is 0 Å². The summed E-state index contributed by atoms with van der Waals surface area (Å²) in [6, 6.07) is 6.69. The number of aryl methyl sites for hydroxylation is 1. The fraction of sp³-hybridized carbons (Fsp3) is 0.571. The summed E-state index contributed by atoms with van der Waals surface area (Å²) in [5.41, 5.74) is 1.01. The lowest BCUT2D eigenvalue weighted by molar-refractivity contribution is 0.512. The van der Waals surface area contributed by atoms with E-state index in [0.717, 1.165) is 12.0 Å². The zero-order valence-corrected chi connectivity index (χ0v) is 13.7. The van der Waals surface area contributed by atoms with Crippen LogP contribution in [0.25, 0.3) is 0 Å². The molecule has 1 aromatic rings. The highest BCUT2D eigenvalue weighted by molar-refractivity contribution is 7.91. The van der Waals surface area contributed by atoms with Gasteiger partial charge in [0.25, 0.3) is 0 Å². The molecule has 0 aliphatic carbocycles. The van der Waals surface area contributed by atoms with Gasteiger partial charge in [-0.2, -0.15) is 0 Å². The second-order valence-corrected chi connectivity index (χ2v) is 9.62. The van der Waals surface area contributed by atoms with E-state index in [0.29, 0.717) is 19.4 Å². The van der Waals surface area contributed by atoms with Crippen molar-refractivity contribution in [2.45, 2.75) is 31.1 Å². The molecule has 2 rings (SSSR count). The van der Waals surface area contributed by atoms with Crippen LogP contribution in [-0.2, 0) is 19.9 Å². The van der Waals surface area contributed by atoms with Gasteiger partial charge in [0.1, 0.15) is 0 Å². The number of benzene rings is 1. The van der Waals surface area contributed by atoms with E-state index >= 15 is 0 Å². The summed E-state index contributed by atoms with van der Waals surface area (Å²) < 4.78 is 49.3. The minimum atomic E-state index is -3.46. The first-order valence-electron chi connectivity index (χ1n) is 7.05. The second kappa shape index (κ2) is 6.46. The average Bonchev–Trinajstić information content (AvgIpc) is 2.75. The van der Waals surface area contributed by atoms with E-state index in [2.05, 4.69) is 4.72 Å². The molecule has 5 nitrogen and oxygen atoms in total. The maximum atomic E-state index is 12.0. The molecule has 0 spiro atoms. The standard InChI is InChI=1S/C14H21NO4S2/c1-12-4-6-14(7-5-12)21(18,19)15-9-2-3-13-8-10-20(16,17)11-13/h4-7,13,15H,2-3,8-11H2,1H3. The first-order valence-corrected chi connectivity index (χ1v) is 10.4. The molecule has 1 atom stereocenters. The predicted molar refractivity (Wildman–Crippen MR) is 82.4 cm³/mol. The lowest BCUT2D eigenvalue weighted by Crippen LogP contribution is -2.25. The van der Waals surface area contributed by atoms with E-state index in [4.69, 9.17) is 0 Å². The molecular formula is C14H21NO4S2. The molecule has 1 N–H and O–H groups in total. The van der Waals surface area contributed by atoms with Crippen molar-refractivity contribution in [3.63, 3.8) is 0 Å². The van der Waals surface area contributed by atoms with Gasteiger partial charge in [-0.3, -0.25) is 0 Å². The van der Waals surface area contributed by atoms with Crippen LogP contribution in [0.3, 0.4) is 0 Å². The Labute approximate surface area is 126 Å². The SMILES string of the molecule is Cc1ccc(S(=O)(=O)NCCCC2CCS(=O)(=O)C2)cc1. The number of sulfone groups is 1. The summed E-state index contributed by atoms with van der Waals surface area (Å²) in [5, 5.41) is 0. The van der Waals surface area contributed by atoms with E-state index in [9.17, 15) is 16.8 Å². The van der Waals surface area contributed by atoms with Gasteiger partial charge in [0.05, 0.1) is 16.4 Å². The van der Waals surface area contributed by atoms with Crippen molar-refractivity contribution >= 4 is 19.9 Å². The highest BCUT2D eigenvalue weighted by atomic mass is 32.2. The molecule has 1 aliphatic rings. The highest BCUT2D eigenvalue weighted by Crippen LogP contribution is 2.22. The molecular weight excluding hydrogens is 310 g/mol. The summed E-state index contributed by atoms with van der Waals surface area (Å²) in [5.74, 6) is 0.698. The Hall–Kier alpha value is -0.920. The predicted octanol–water partition coefficient (Wildman–Crippen LogP) is 1.49. The van der Waals surface area contributed by atoms with Gasteiger partial charge in [0, 0.05) is 6.54 Å². The zero-order chi connectivity index (χ0) is 15.5. The Morgan fingerprint density at radius 2 is 1.90 bits per heavy atom. The molecule has 118 valence electrons. The number of rotatable bonds is 6. The van der Waals surface area contributed by atoms with Crippen LogP contribution < -0.4 is 4.72 Å². The van der Waals surface area contributed by atoms with Crippen molar-refractivity contribution < 1.29 is 16.8 Å². The fourth-order valence-corrected chi connectivity index (χ4v) is 5.48. The number of nitrogens with one attached hydrogen (secondary N) is 1. The number of hydrogen-bond donors (Lipinski definition) is 1. The molecule has 0 radical (unpaired) electrons. The van der Waals surface area contributed by atoms with Gasteiger partial charge >= 0.3 is 0 Å². The first-order chi connectivity index (χ1) is 9.78. The zero-order valence-electron chi connectivity index (χ0n) is 12.1. The van der Waals surface area contributed by atoms with Gasteiger partial charge in [0.15, 0.2) is 9.84 Å². The van der Waals surface area contributed by atoms with Crippen LogP contribution in [0, 0.1) is 12.8 Å². The summed E-state index contributed by atoms with van der Waals surface area (Å²) in [7, 11) is -6.31. The Bertz CT molecular complexity index is 678. The van der Waals surface area contributed by atoms with Crippen LogP contribution in [0.1, 0.15) is 24.8 Å². The largest absolute Gasteiger partial charge is 0.240 e. The van der Waals surface area contributed by atoms with Crippen LogP contribution >= 0.6 is 0 Å². The van der Waals surface area contributed by atoms with Crippen LogP contribution in [-0.4, -0.2) is 34.9 Å². The van der Waals surface area contributed by atoms with Crippen molar-refractivity contribution in [2.24, 2.45) is 5.92 Å². The van der Waals surface area contributed by atoms with Crippen molar-refractivity contribution in [3.05, 3.63) is 29.8 Å². The van der Waals surface area contributed by atoms with E-state index < -0.39 is 19.9 Å². The number of sulfonamides is 1. The van der Waals surface area contributed by atoms with E-state index in [-0.39, 0.29) is 22.3 Å². The van der Waals surface area contributed by atoms with Crippen LogP contribution in [0.4, 0.5) is 0 Å². The van der Waals surface area contributed by atoms with E-state index in [1.165, 1.54) is 0 Å². The van der Waals surface area contributed by atoms with Crippen molar-refractivity contribution in [1.82, 2.24) is 4.72 Å². The molecule has 0 aromatic heterocycles. The van der Waals surface area contributed by atoms with Gasteiger partial charge in [-0.1, -0.05) is 17.7 Å². The third-order valence-corrected chi connectivity index (χ3v) is 7.05. The second-order valence-electron chi connectivity index (χ2n) is 5.62. The van der Waals surface area contributed by atoms with Gasteiger partial charge in [-0.15, -0.1) is 0 Å². The first kappa shape index (κ1) is 16.5. The van der Waals surface area contributed by atoms with Crippen molar-refractivity contribution in [2.75, 3.05) is 18.1 Å². The van der Waals surface area contributed by atoms with Gasteiger partial charge in [-0.05, 0) is 44.2 Å². The van der Waals surface area contributed by atoms with Gasteiger partial charge in [0.2, 0.25) is 10.0 Å². The van der Waals surface area contributed by atoms with Crippen molar-refractivity contribution in [1.29, 1.82) is 0 Å². The summed E-state index contributed by atoms with van der Waals surface area (Å²) in [6.07, 6.45) is 2.11. The topological polar surface area (TPSA) is 80.3 Å². The molecule has 1 aliphatic heterocycles. The van der Waals surface area contributed by atoms with Crippen LogP contribution in [0.15, 0.2) is 29.2 Å². The van der Waals surface area contributed by atoms with Gasteiger partial charge in [-0.25, -0.2) is 21.6 Å². The monoisotopic (exact) mass is 331 g/mol. The third-order valence-electron chi connectivity index (χ3n) is 3.74. The Balaban J connectivity index is 1.79. The molecule has 1 fully saturated rings. The van der Waals surface area contributed by atoms with Gasteiger partial charge < -0.3 is 0 Å². The fourth-order valence-electron chi connectivity index (χ4n) is 2.50. The van der Waals surface area contributed by atoms with Crippen molar-refractivity contribution in [3.8, 4) is 0 Å². The maximum Gasteiger partial charge on any atom is 0.240 e. The molecule has 0 amide bonds. The summed E-state index contributed by atoms with van der Waals surface area (Å²) >= 11 is 0. The Morgan fingerprint density at radius 3 is 2.48 bits per heavy atom. The average molecular weight is 331 g/mol. The summed E-state index contributed by atoms with van der Waals surface area (Å²) in [4.78, 5) is 0.261. The minimum absolute atomic E-state index is 0.180. The molecule has 0 saturated carbocycles. The quantitative estimate of drug-likeness (QED) is 0.801. The third kappa shape index (κ3) is 4.79. The maximum absolute atomic E-state index is 12.0. The molecule has 1 aromatic carbocycles. The lowest BCUT2D eigenvalue weighted by Gasteiger charge is -2.09. The molecule has 1 heterocycles. The minimum Gasteiger partial charge on any atom is -0.229 e. The molecule has 0 bridgehead atoms. The molecule has 1 saturated heterocycles. The molecule has 21 heavy (non-hydrogen) atoms. The highest BCUT2D eigenvalue weighted by Gasteiger charge is 2.27. The normalized spacial score (nSPS) is 21.5. The van der Waals surface area contributed by atoms with E-state index in [1.54, 1.807) is 24.3 Å². The number of hydrogen-bond acceptors (Lipinski definition) is 4. The van der Waals surface area contributed by atoms with Crippen LogP contribution in [0.5, 0.6) is 0 Å². The Kier molecular flexibility index (Phi) is 5.06. The van der Waals surface area contributed by atoms with E-state index in [1.807, 2.05) is 6.92 Å². The summed E-state index contributed by atoms with van der Waals surface area (Å²) in [6.45, 7) is 2.24. The lowest BCUT2D eigenvalue weighted by atomic mass is 10.0.